The maximum atomic E-state index is 12.3. The molecule has 0 amide bonds. The topological polar surface area (TPSA) is 85.2 Å². The number of phenols is 2. The van der Waals surface area contributed by atoms with E-state index in [1.165, 1.54) is 19.2 Å². The number of ether oxygens (including phenoxy) is 3. The molecule has 2 aromatic carbocycles. The number of hydrogen-bond acceptors (Lipinski definition) is 6. The van der Waals surface area contributed by atoms with Gasteiger partial charge in [0.15, 0.2) is 0 Å². The van der Waals surface area contributed by atoms with Gasteiger partial charge in [-0.3, -0.25) is 4.79 Å². The molecule has 0 saturated carbocycles. The number of methoxy groups -OCH3 is 2. The Hall–Kier alpha value is -2.89. The van der Waals surface area contributed by atoms with Gasteiger partial charge in [-0.05, 0) is 12.5 Å². The summed E-state index contributed by atoms with van der Waals surface area (Å²) in [5.41, 5.74) is 1.13. The monoisotopic (exact) mass is 316 g/mol. The van der Waals surface area contributed by atoms with Gasteiger partial charge in [0.05, 0.1) is 20.1 Å². The van der Waals surface area contributed by atoms with Gasteiger partial charge in [-0.25, -0.2) is 0 Å². The average Bonchev–Trinajstić information content (AvgIpc) is 2.53. The van der Waals surface area contributed by atoms with E-state index in [0.717, 1.165) is 0 Å². The molecule has 6 nitrogen and oxygen atoms in total. The van der Waals surface area contributed by atoms with Crippen molar-refractivity contribution in [1.82, 2.24) is 0 Å². The zero-order chi connectivity index (χ0) is 16.6. The third kappa shape index (κ3) is 2.63. The van der Waals surface area contributed by atoms with Crippen LogP contribution in [-0.2, 0) is 11.2 Å². The smallest absolute Gasteiger partial charge is 0.319 e. The van der Waals surface area contributed by atoms with Crippen molar-refractivity contribution in [2.75, 3.05) is 14.2 Å². The number of aromatic hydroxyl groups is 2. The summed E-state index contributed by atoms with van der Waals surface area (Å²) in [5, 5.41) is 19.5. The Bertz CT molecular complexity index is 768. The van der Waals surface area contributed by atoms with E-state index in [4.69, 9.17) is 14.2 Å². The molecular formula is C17H16O6. The molecule has 1 heterocycles. The SMILES string of the molecule is COc1ccc(C2Cc3c(O)cc(O)cc3OC2=O)c(OC)c1. The second-order valence-corrected chi connectivity index (χ2v) is 5.23. The van der Waals surface area contributed by atoms with E-state index in [0.29, 0.717) is 22.6 Å². The summed E-state index contributed by atoms with van der Waals surface area (Å²) in [7, 11) is 3.06. The first-order valence-electron chi connectivity index (χ1n) is 7.02. The van der Waals surface area contributed by atoms with Gasteiger partial charge in [-0.15, -0.1) is 0 Å². The highest BCUT2D eigenvalue weighted by Crippen LogP contribution is 2.43. The molecule has 0 radical (unpaired) electrons. The maximum Gasteiger partial charge on any atom is 0.319 e. The van der Waals surface area contributed by atoms with Crippen LogP contribution in [0.1, 0.15) is 17.0 Å². The first-order valence-corrected chi connectivity index (χ1v) is 7.02. The Kier molecular flexibility index (Phi) is 3.73. The van der Waals surface area contributed by atoms with Crippen molar-refractivity contribution in [2.45, 2.75) is 12.3 Å². The van der Waals surface area contributed by atoms with E-state index in [1.54, 1.807) is 25.3 Å². The molecule has 23 heavy (non-hydrogen) atoms. The summed E-state index contributed by atoms with van der Waals surface area (Å²) in [4.78, 5) is 12.3. The zero-order valence-electron chi connectivity index (χ0n) is 12.7. The quantitative estimate of drug-likeness (QED) is 0.668. The molecule has 2 N–H and O–H groups in total. The minimum absolute atomic E-state index is 0.107. The van der Waals surface area contributed by atoms with Crippen molar-refractivity contribution < 1.29 is 29.2 Å². The van der Waals surface area contributed by atoms with E-state index in [9.17, 15) is 15.0 Å². The first-order chi connectivity index (χ1) is 11.0. The van der Waals surface area contributed by atoms with E-state index >= 15 is 0 Å². The molecule has 0 aliphatic carbocycles. The number of esters is 1. The second-order valence-electron chi connectivity index (χ2n) is 5.23. The number of phenolic OH excluding ortho intramolecular Hbond substituents is 2. The van der Waals surface area contributed by atoms with Crippen molar-refractivity contribution in [3.05, 3.63) is 41.5 Å². The Morgan fingerprint density at radius 2 is 1.91 bits per heavy atom. The number of rotatable bonds is 3. The molecule has 0 saturated heterocycles. The third-order valence-electron chi connectivity index (χ3n) is 3.89. The van der Waals surface area contributed by atoms with E-state index in [1.807, 2.05) is 0 Å². The largest absolute Gasteiger partial charge is 0.508 e. The zero-order valence-corrected chi connectivity index (χ0v) is 12.7. The molecule has 0 fully saturated rings. The van der Waals surface area contributed by atoms with Gasteiger partial charge in [0.2, 0.25) is 0 Å². The van der Waals surface area contributed by atoms with E-state index < -0.39 is 11.9 Å². The molecule has 2 aromatic rings. The average molecular weight is 316 g/mol. The first kappa shape index (κ1) is 15.0. The summed E-state index contributed by atoms with van der Waals surface area (Å²) >= 11 is 0. The fourth-order valence-corrected chi connectivity index (χ4v) is 2.72. The van der Waals surface area contributed by atoms with Crippen LogP contribution >= 0.6 is 0 Å². The van der Waals surface area contributed by atoms with Crippen molar-refractivity contribution in [3.63, 3.8) is 0 Å². The summed E-state index contributed by atoms with van der Waals surface area (Å²) in [6.45, 7) is 0. The fourth-order valence-electron chi connectivity index (χ4n) is 2.72. The predicted molar refractivity (Wildman–Crippen MR) is 81.4 cm³/mol. The highest BCUT2D eigenvalue weighted by atomic mass is 16.5. The molecular weight excluding hydrogens is 300 g/mol. The molecule has 1 aliphatic rings. The van der Waals surface area contributed by atoms with E-state index in [-0.39, 0.29) is 23.7 Å². The molecule has 1 atom stereocenters. The van der Waals surface area contributed by atoms with Crippen molar-refractivity contribution in [1.29, 1.82) is 0 Å². The van der Waals surface area contributed by atoms with Gasteiger partial charge < -0.3 is 24.4 Å². The van der Waals surface area contributed by atoms with Crippen LogP contribution in [0.4, 0.5) is 0 Å². The molecule has 1 unspecified atom stereocenters. The highest BCUT2D eigenvalue weighted by molar-refractivity contribution is 5.84. The summed E-state index contributed by atoms with van der Waals surface area (Å²) in [5.74, 6) is -0.0449. The van der Waals surface area contributed by atoms with Crippen LogP contribution < -0.4 is 14.2 Å². The Labute approximate surface area is 132 Å². The fraction of sp³-hybridized carbons (Fsp3) is 0.235. The standard InChI is InChI=1S/C17H16O6/c1-21-10-3-4-11(15(7-10)22-2)12-8-13-14(19)5-9(18)6-16(13)23-17(12)20/h3-7,12,18-19H,8H2,1-2H3. The lowest BCUT2D eigenvalue weighted by Gasteiger charge is -2.25. The van der Waals surface area contributed by atoms with Gasteiger partial charge in [-0.1, -0.05) is 6.07 Å². The highest BCUT2D eigenvalue weighted by Gasteiger charge is 2.34. The van der Waals surface area contributed by atoms with Crippen molar-refractivity contribution >= 4 is 5.97 Å². The lowest BCUT2D eigenvalue weighted by Crippen LogP contribution is -2.26. The molecule has 1 aliphatic heterocycles. The maximum absolute atomic E-state index is 12.3. The molecule has 6 heteroatoms. The summed E-state index contributed by atoms with van der Waals surface area (Å²) < 4.78 is 15.8. The van der Waals surface area contributed by atoms with Crippen molar-refractivity contribution in [2.24, 2.45) is 0 Å². The molecule has 0 spiro atoms. The normalized spacial score (nSPS) is 16.4. The van der Waals surface area contributed by atoms with Crippen LogP contribution in [0.2, 0.25) is 0 Å². The minimum Gasteiger partial charge on any atom is -0.508 e. The second kappa shape index (κ2) is 5.72. The molecule has 0 bridgehead atoms. The molecule has 120 valence electrons. The van der Waals surface area contributed by atoms with Crippen LogP contribution in [0.3, 0.4) is 0 Å². The number of carbonyl (C=O) groups is 1. The minimum atomic E-state index is -0.612. The Morgan fingerprint density at radius 3 is 2.61 bits per heavy atom. The Balaban J connectivity index is 2.03. The number of carbonyl (C=O) groups excluding carboxylic acids is 1. The lowest BCUT2D eigenvalue weighted by molar-refractivity contribution is -0.137. The Morgan fingerprint density at radius 1 is 1.13 bits per heavy atom. The number of benzene rings is 2. The number of hydrogen-bond donors (Lipinski definition) is 2. The summed E-state index contributed by atoms with van der Waals surface area (Å²) in [6.07, 6.45) is 0.253. The third-order valence-corrected chi connectivity index (χ3v) is 3.89. The molecule has 3 rings (SSSR count). The van der Waals surface area contributed by atoms with Crippen LogP contribution in [-0.4, -0.2) is 30.4 Å². The van der Waals surface area contributed by atoms with Crippen LogP contribution in [0.25, 0.3) is 0 Å². The predicted octanol–water partition coefficient (Wildman–Crippen LogP) is 2.36. The van der Waals surface area contributed by atoms with Crippen LogP contribution in [0, 0.1) is 0 Å². The van der Waals surface area contributed by atoms with Gasteiger partial charge in [0, 0.05) is 29.3 Å². The number of fused-ring (bicyclic) bond motifs is 1. The van der Waals surface area contributed by atoms with Gasteiger partial charge >= 0.3 is 5.97 Å². The van der Waals surface area contributed by atoms with Crippen molar-refractivity contribution in [3.8, 4) is 28.7 Å². The molecule has 0 aromatic heterocycles. The lowest BCUT2D eigenvalue weighted by atomic mass is 9.88. The van der Waals surface area contributed by atoms with Gasteiger partial charge in [0.25, 0.3) is 0 Å². The van der Waals surface area contributed by atoms with Crippen LogP contribution in [0.15, 0.2) is 30.3 Å². The van der Waals surface area contributed by atoms with Crippen LogP contribution in [0.5, 0.6) is 28.7 Å². The van der Waals surface area contributed by atoms with Gasteiger partial charge in [0.1, 0.15) is 28.7 Å². The van der Waals surface area contributed by atoms with E-state index in [2.05, 4.69) is 0 Å². The summed E-state index contributed by atoms with van der Waals surface area (Å²) in [6, 6.07) is 7.70. The van der Waals surface area contributed by atoms with Gasteiger partial charge in [-0.2, -0.15) is 0 Å².